The predicted molar refractivity (Wildman–Crippen MR) is 79.3 cm³/mol. The topological polar surface area (TPSA) is 67.1 Å². The molecule has 108 valence electrons. The molecular formula is C14H21N5O. The summed E-state index contributed by atoms with van der Waals surface area (Å²) in [5.74, 6) is 2.85. The van der Waals surface area contributed by atoms with Gasteiger partial charge in [-0.1, -0.05) is 19.0 Å². The Morgan fingerprint density at radius 3 is 2.60 bits per heavy atom. The van der Waals surface area contributed by atoms with E-state index in [1.165, 1.54) is 0 Å². The van der Waals surface area contributed by atoms with Crippen molar-refractivity contribution in [3.05, 3.63) is 24.1 Å². The molecule has 0 unspecified atom stereocenters. The summed E-state index contributed by atoms with van der Waals surface area (Å²) in [7, 11) is 0. The molecule has 0 aliphatic heterocycles. The zero-order valence-electron chi connectivity index (χ0n) is 12.3. The second-order valence-corrected chi connectivity index (χ2v) is 4.67. The average Bonchev–Trinajstić information content (AvgIpc) is 2.84. The summed E-state index contributed by atoms with van der Waals surface area (Å²) < 4.78 is 5.01. The molecule has 2 aromatic heterocycles. The third-order valence-electron chi connectivity index (χ3n) is 2.82. The minimum absolute atomic E-state index is 0.535. The average molecular weight is 275 g/mol. The minimum Gasteiger partial charge on any atom is -0.360 e. The first-order chi connectivity index (χ1) is 9.72. The van der Waals surface area contributed by atoms with Gasteiger partial charge >= 0.3 is 0 Å². The molecule has 0 saturated carbocycles. The third-order valence-corrected chi connectivity index (χ3v) is 2.82. The molecule has 6 nitrogen and oxygen atoms in total. The quantitative estimate of drug-likeness (QED) is 0.837. The van der Waals surface area contributed by atoms with Crippen molar-refractivity contribution in [2.45, 2.75) is 33.6 Å². The van der Waals surface area contributed by atoms with Gasteiger partial charge in [0.2, 0.25) is 5.95 Å². The Hall–Kier alpha value is -2.11. The van der Waals surface area contributed by atoms with E-state index in [1.54, 1.807) is 6.20 Å². The van der Waals surface area contributed by atoms with Gasteiger partial charge in [0.15, 0.2) is 5.82 Å². The van der Waals surface area contributed by atoms with Crippen LogP contribution in [0.5, 0.6) is 0 Å². The smallest absolute Gasteiger partial charge is 0.230 e. The van der Waals surface area contributed by atoms with Crippen LogP contribution in [0.15, 0.2) is 22.9 Å². The fourth-order valence-electron chi connectivity index (χ4n) is 2.01. The minimum atomic E-state index is 0.535. The molecule has 0 saturated heterocycles. The van der Waals surface area contributed by atoms with E-state index in [0.717, 1.165) is 37.5 Å². The third kappa shape index (κ3) is 3.69. The number of hydrogen-bond donors (Lipinski definition) is 1. The lowest BCUT2D eigenvalue weighted by atomic mass is 10.3. The number of rotatable bonds is 7. The van der Waals surface area contributed by atoms with Gasteiger partial charge in [0, 0.05) is 25.4 Å². The molecule has 0 atom stereocenters. The van der Waals surface area contributed by atoms with Crippen LogP contribution in [0.1, 0.15) is 32.4 Å². The normalized spacial score (nSPS) is 10.6. The van der Waals surface area contributed by atoms with Crippen molar-refractivity contribution in [3.63, 3.8) is 0 Å². The van der Waals surface area contributed by atoms with Crippen LogP contribution in [0.4, 0.5) is 17.6 Å². The Kier molecular flexibility index (Phi) is 4.92. The van der Waals surface area contributed by atoms with Crippen molar-refractivity contribution in [1.82, 2.24) is 15.1 Å². The molecule has 20 heavy (non-hydrogen) atoms. The number of nitrogens with zero attached hydrogens (tertiary/aromatic N) is 4. The number of nitrogens with one attached hydrogen (secondary N) is 1. The van der Waals surface area contributed by atoms with Crippen LogP contribution in [-0.4, -0.2) is 28.2 Å². The second kappa shape index (κ2) is 6.88. The molecule has 0 radical (unpaired) electrons. The molecule has 2 rings (SSSR count). The standard InChI is InChI=1S/C14H21N5O/c1-4-8-19(9-5-2)13-6-7-15-14(17-13)16-12-10-11(3)20-18-12/h6-7,10H,4-5,8-9H2,1-3H3,(H,15,16,17,18). The van der Waals surface area contributed by atoms with Gasteiger partial charge in [-0.2, -0.15) is 4.98 Å². The van der Waals surface area contributed by atoms with Crippen molar-refractivity contribution >= 4 is 17.6 Å². The summed E-state index contributed by atoms with van der Waals surface area (Å²) in [5.41, 5.74) is 0. The Morgan fingerprint density at radius 1 is 1.25 bits per heavy atom. The Labute approximate surface area is 119 Å². The van der Waals surface area contributed by atoms with Crippen LogP contribution in [0.25, 0.3) is 0 Å². The molecular weight excluding hydrogens is 254 g/mol. The highest BCUT2D eigenvalue weighted by Crippen LogP contribution is 2.16. The lowest BCUT2D eigenvalue weighted by molar-refractivity contribution is 0.400. The van der Waals surface area contributed by atoms with Gasteiger partial charge in [-0.3, -0.25) is 0 Å². The lowest BCUT2D eigenvalue weighted by Gasteiger charge is -2.22. The van der Waals surface area contributed by atoms with Gasteiger partial charge in [-0.05, 0) is 25.8 Å². The largest absolute Gasteiger partial charge is 0.360 e. The highest BCUT2D eigenvalue weighted by Gasteiger charge is 2.08. The van der Waals surface area contributed by atoms with Crippen molar-refractivity contribution in [1.29, 1.82) is 0 Å². The van der Waals surface area contributed by atoms with E-state index in [4.69, 9.17) is 4.52 Å². The Morgan fingerprint density at radius 2 is 2.00 bits per heavy atom. The van der Waals surface area contributed by atoms with E-state index in [9.17, 15) is 0 Å². The van der Waals surface area contributed by atoms with Crippen LogP contribution in [-0.2, 0) is 0 Å². The summed E-state index contributed by atoms with van der Waals surface area (Å²) >= 11 is 0. The summed E-state index contributed by atoms with van der Waals surface area (Å²) in [6.45, 7) is 8.17. The van der Waals surface area contributed by atoms with E-state index in [0.29, 0.717) is 11.8 Å². The van der Waals surface area contributed by atoms with E-state index >= 15 is 0 Å². The summed E-state index contributed by atoms with van der Waals surface area (Å²) in [4.78, 5) is 11.0. The maximum atomic E-state index is 5.01. The lowest BCUT2D eigenvalue weighted by Crippen LogP contribution is -2.26. The van der Waals surface area contributed by atoms with Crippen molar-refractivity contribution in [2.24, 2.45) is 0 Å². The Bertz CT molecular complexity index is 534. The highest BCUT2D eigenvalue weighted by molar-refractivity contribution is 5.50. The van der Waals surface area contributed by atoms with Crippen LogP contribution in [0.2, 0.25) is 0 Å². The van der Waals surface area contributed by atoms with Crippen LogP contribution < -0.4 is 10.2 Å². The molecule has 6 heteroatoms. The van der Waals surface area contributed by atoms with Gasteiger partial charge in [-0.15, -0.1) is 0 Å². The maximum absolute atomic E-state index is 5.01. The first kappa shape index (κ1) is 14.3. The zero-order valence-corrected chi connectivity index (χ0v) is 12.3. The first-order valence-electron chi connectivity index (χ1n) is 7.01. The molecule has 2 heterocycles. The van der Waals surface area contributed by atoms with E-state index in [-0.39, 0.29) is 0 Å². The van der Waals surface area contributed by atoms with Crippen molar-refractivity contribution in [2.75, 3.05) is 23.3 Å². The Balaban J connectivity index is 2.13. The summed E-state index contributed by atoms with van der Waals surface area (Å²) in [5, 5.41) is 6.93. The molecule has 0 bridgehead atoms. The van der Waals surface area contributed by atoms with Crippen molar-refractivity contribution in [3.8, 4) is 0 Å². The summed E-state index contributed by atoms with van der Waals surface area (Å²) in [6.07, 6.45) is 3.94. The molecule has 0 aliphatic rings. The predicted octanol–water partition coefficient (Wildman–Crippen LogP) is 3.14. The fraction of sp³-hybridized carbons (Fsp3) is 0.500. The van der Waals surface area contributed by atoms with Gasteiger partial charge in [0.1, 0.15) is 11.6 Å². The SMILES string of the molecule is CCCN(CCC)c1ccnc(Nc2cc(C)on2)n1. The molecule has 0 aliphatic carbocycles. The van der Waals surface area contributed by atoms with Crippen LogP contribution in [0, 0.1) is 6.92 Å². The molecule has 2 aromatic rings. The monoisotopic (exact) mass is 275 g/mol. The van der Waals surface area contributed by atoms with Crippen LogP contribution in [0.3, 0.4) is 0 Å². The molecule has 1 N–H and O–H groups in total. The van der Waals surface area contributed by atoms with Gasteiger partial charge in [-0.25, -0.2) is 4.98 Å². The molecule has 0 spiro atoms. The number of hydrogen-bond acceptors (Lipinski definition) is 6. The van der Waals surface area contributed by atoms with Gasteiger partial charge in [0.25, 0.3) is 0 Å². The molecule has 0 fully saturated rings. The van der Waals surface area contributed by atoms with E-state index < -0.39 is 0 Å². The molecule has 0 amide bonds. The zero-order chi connectivity index (χ0) is 14.4. The molecule has 0 aromatic carbocycles. The van der Waals surface area contributed by atoms with E-state index in [1.807, 2.05) is 19.1 Å². The second-order valence-electron chi connectivity index (χ2n) is 4.67. The number of aromatic nitrogens is 3. The van der Waals surface area contributed by atoms with Crippen LogP contribution >= 0.6 is 0 Å². The highest BCUT2D eigenvalue weighted by atomic mass is 16.5. The number of aryl methyl sites for hydroxylation is 1. The maximum Gasteiger partial charge on any atom is 0.230 e. The fourth-order valence-corrected chi connectivity index (χ4v) is 2.01. The number of anilines is 3. The first-order valence-corrected chi connectivity index (χ1v) is 7.01. The van der Waals surface area contributed by atoms with E-state index in [2.05, 4.69) is 39.2 Å². The van der Waals surface area contributed by atoms with Gasteiger partial charge < -0.3 is 14.7 Å². The van der Waals surface area contributed by atoms with Gasteiger partial charge in [0.05, 0.1) is 0 Å². The summed E-state index contributed by atoms with van der Waals surface area (Å²) in [6, 6.07) is 3.75. The van der Waals surface area contributed by atoms with Crippen molar-refractivity contribution < 1.29 is 4.52 Å².